The molecule has 1 saturated heterocycles. The third-order valence-corrected chi connectivity index (χ3v) is 5.27. The van der Waals surface area contributed by atoms with Gasteiger partial charge in [-0.25, -0.2) is 0 Å². The van der Waals surface area contributed by atoms with Crippen LogP contribution in [0.2, 0.25) is 5.02 Å². The van der Waals surface area contributed by atoms with Crippen LogP contribution in [0.25, 0.3) is 6.08 Å². The molecule has 3 rings (SSSR count). The van der Waals surface area contributed by atoms with Gasteiger partial charge in [0.25, 0.3) is 5.91 Å². The number of carbonyl (C=O) groups is 1. The topological polar surface area (TPSA) is 41.9 Å². The minimum Gasteiger partial charge on any atom is -0.489 e. The van der Waals surface area contributed by atoms with Gasteiger partial charge >= 0.3 is 0 Å². The van der Waals surface area contributed by atoms with Crippen LogP contribution >= 0.6 is 23.4 Å². The summed E-state index contributed by atoms with van der Waals surface area (Å²) in [4.78, 5) is 19.4. The highest BCUT2D eigenvalue weighted by molar-refractivity contribution is 8.18. The summed E-state index contributed by atoms with van der Waals surface area (Å²) in [6, 6.07) is 15.3. The predicted molar refractivity (Wildman–Crippen MR) is 113 cm³/mol. The molecule has 0 aliphatic carbocycles. The molecule has 0 atom stereocenters. The number of halogens is 1. The van der Waals surface area contributed by atoms with Crippen LogP contribution in [-0.2, 0) is 11.4 Å². The smallest absolute Gasteiger partial charge is 0.266 e. The van der Waals surface area contributed by atoms with Crippen molar-refractivity contribution in [2.75, 3.05) is 13.1 Å². The maximum atomic E-state index is 12.6. The molecule has 1 aliphatic rings. The highest BCUT2D eigenvalue weighted by atomic mass is 35.5. The van der Waals surface area contributed by atoms with E-state index in [4.69, 9.17) is 16.3 Å². The number of hydrogen-bond acceptors (Lipinski definition) is 4. The van der Waals surface area contributed by atoms with Crippen LogP contribution in [0.15, 0.2) is 58.4 Å². The second-order valence-corrected chi connectivity index (χ2v) is 7.35. The standard InChI is InChI=1S/C21H21ClN2O2S/c1-3-23-21-24(4-2)20(25)19(27-21)13-16-6-5-7-18(12-16)26-14-15-8-10-17(22)11-9-15/h5-13H,3-4,14H2,1-2H3. The van der Waals surface area contributed by atoms with Gasteiger partial charge in [-0.3, -0.25) is 14.7 Å². The van der Waals surface area contributed by atoms with Crippen molar-refractivity contribution in [2.45, 2.75) is 20.5 Å². The molecule has 140 valence electrons. The molecule has 0 spiro atoms. The molecule has 1 heterocycles. The van der Waals surface area contributed by atoms with Crippen LogP contribution < -0.4 is 4.74 Å². The van der Waals surface area contributed by atoms with Gasteiger partial charge in [-0.05, 0) is 67.1 Å². The average molecular weight is 401 g/mol. The molecule has 1 aliphatic heterocycles. The van der Waals surface area contributed by atoms with Gasteiger partial charge in [0.05, 0.1) is 4.91 Å². The number of ether oxygens (including phenoxy) is 1. The van der Waals surface area contributed by atoms with Crippen LogP contribution in [0.4, 0.5) is 0 Å². The molecule has 0 N–H and O–H groups in total. The number of rotatable bonds is 6. The zero-order valence-electron chi connectivity index (χ0n) is 15.3. The Bertz CT molecular complexity index is 878. The van der Waals surface area contributed by atoms with Crippen LogP contribution in [0, 0.1) is 0 Å². The van der Waals surface area contributed by atoms with E-state index in [2.05, 4.69) is 4.99 Å². The number of hydrogen-bond donors (Lipinski definition) is 0. The first-order chi connectivity index (χ1) is 13.1. The predicted octanol–water partition coefficient (Wildman–Crippen LogP) is 5.23. The quantitative estimate of drug-likeness (QED) is 0.623. The summed E-state index contributed by atoms with van der Waals surface area (Å²) in [5.41, 5.74) is 1.97. The van der Waals surface area contributed by atoms with E-state index in [9.17, 15) is 4.79 Å². The van der Waals surface area contributed by atoms with E-state index in [0.29, 0.717) is 29.6 Å². The number of nitrogens with zero attached hydrogens (tertiary/aromatic N) is 2. The van der Waals surface area contributed by atoms with Crippen molar-refractivity contribution in [2.24, 2.45) is 4.99 Å². The Morgan fingerprint density at radius 1 is 1.19 bits per heavy atom. The van der Waals surface area contributed by atoms with Crippen LogP contribution in [0.1, 0.15) is 25.0 Å². The van der Waals surface area contributed by atoms with Gasteiger partial charge in [0.1, 0.15) is 12.4 Å². The summed E-state index contributed by atoms with van der Waals surface area (Å²) in [5.74, 6) is 0.756. The van der Waals surface area contributed by atoms with Crippen molar-refractivity contribution >= 4 is 40.5 Å². The molecule has 0 bridgehead atoms. The molecule has 0 saturated carbocycles. The molecular weight excluding hydrogens is 380 g/mol. The van der Waals surface area contributed by atoms with E-state index >= 15 is 0 Å². The van der Waals surface area contributed by atoms with Crippen molar-refractivity contribution in [1.82, 2.24) is 4.90 Å². The summed E-state index contributed by atoms with van der Waals surface area (Å²) in [6.45, 7) is 5.66. The maximum absolute atomic E-state index is 12.6. The Balaban J connectivity index is 1.73. The number of amides is 1. The lowest BCUT2D eigenvalue weighted by atomic mass is 10.2. The monoisotopic (exact) mass is 400 g/mol. The fraction of sp³-hybridized carbons (Fsp3) is 0.238. The van der Waals surface area contributed by atoms with Crippen LogP contribution in [0.5, 0.6) is 5.75 Å². The van der Waals surface area contributed by atoms with Crippen LogP contribution in [-0.4, -0.2) is 29.1 Å². The molecule has 0 aromatic heterocycles. The Labute approximate surface area is 168 Å². The van der Waals surface area contributed by atoms with Gasteiger partial charge in [-0.15, -0.1) is 0 Å². The summed E-state index contributed by atoms with van der Waals surface area (Å²) in [5, 5.41) is 1.48. The summed E-state index contributed by atoms with van der Waals surface area (Å²) >= 11 is 7.33. The van der Waals surface area contributed by atoms with Gasteiger partial charge < -0.3 is 4.74 Å². The third-order valence-electron chi connectivity index (χ3n) is 3.97. The first-order valence-corrected chi connectivity index (χ1v) is 10.0. The lowest BCUT2D eigenvalue weighted by Gasteiger charge is -2.11. The Morgan fingerprint density at radius 2 is 1.96 bits per heavy atom. The maximum Gasteiger partial charge on any atom is 0.266 e. The van der Waals surface area contributed by atoms with E-state index in [-0.39, 0.29) is 5.91 Å². The minimum atomic E-state index is 0.00202. The SMILES string of the molecule is CCN=C1SC(=Cc2cccc(OCc3ccc(Cl)cc3)c2)C(=O)N1CC. The molecule has 2 aromatic carbocycles. The van der Waals surface area contributed by atoms with Gasteiger partial charge in [-0.1, -0.05) is 35.9 Å². The van der Waals surface area contributed by atoms with Gasteiger partial charge in [0, 0.05) is 18.1 Å². The van der Waals surface area contributed by atoms with Crippen molar-refractivity contribution in [3.63, 3.8) is 0 Å². The number of amidine groups is 1. The zero-order valence-corrected chi connectivity index (χ0v) is 16.9. The average Bonchev–Trinajstić information content (AvgIpc) is 2.96. The van der Waals surface area contributed by atoms with Gasteiger partial charge in [-0.2, -0.15) is 0 Å². The summed E-state index contributed by atoms with van der Waals surface area (Å²) in [7, 11) is 0. The largest absolute Gasteiger partial charge is 0.489 e. The Hall–Kier alpha value is -2.24. The molecule has 4 nitrogen and oxygen atoms in total. The summed E-state index contributed by atoms with van der Waals surface area (Å²) in [6.07, 6.45) is 1.89. The summed E-state index contributed by atoms with van der Waals surface area (Å²) < 4.78 is 5.87. The Morgan fingerprint density at radius 3 is 2.67 bits per heavy atom. The molecule has 0 unspecified atom stereocenters. The zero-order chi connectivity index (χ0) is 19.2. The van der Waals surface area contributed by atoms with E-state index < -0.39 is 0 Å². The highest BCUT2D eigenvalue weighted by Gasteiger charge is 2.31. The Kier molecular flexibility index (Phi) is 6.58. The van der Waals surface area contributed by atoms with E-state index in [0.717, 1.165) is 22.0 Å². The van der Waals surface area contributed by atoms with Crippen molar-refractivity contribution in [3.8, 4) is 5.75 Å². The molecule has 1 amide bonds. The minimum absolute atomic E-state index is 0.00202. The number of thioether (sulfide) groups is 1. The van der Waals surface area contributed by atoms with Crippen LogP contribution in [0.3, 0.4) is 0 Å². The van der Waals surface area contributed by atoms with Crippen molar-refractivity contribution in [1.29, 1.82) is 0 Å². The molecular formula is C21H21ClN2O2S. The van der Waals surface area contributed by atoms with E-state index in [1.807, 2.05) is 68.5 Å². The molecule has 6 heteroatoms. The first-order valence-electron chi connectivity index (χ1n) is 8.84. The van der Waals surface area contributed by atoms with Crippen molar-refractivity contribution in [3.05, 3.63) is 69.6 Å². The lowest BCUT2D eigenvalue weighted by Crippen LogP contribution is -2.28. The normalized spacial score (nSPS) is 17.1. The lowest BCUT2D eigenvalue weighted by molar-refractivity contribution is -0.122. The fourth-order valence-corrected chi connectivity index (χ4v) is 3.86. The number of benzene rings is 2. The van der Waals surface area contributed by atoms with Gasteiger partial charge in [0.2, 0.25) is 0 Å². The number of aliphatic imine (C=N–C) groups is 1. The number of likely N-dealkylation sites (N-methyl/N-ethyl adjacent to an activating group) is 1. The number of carbonyl (C=O) groups excluding carboxylic acids is 1. The van der Waals surface area contributed by atoms with Crippen molar-refractivity contribution < 1.29 is 9.53 Å². The van der Waals surface area contributed by atoms with E-state index in [1.54, 1.807) is 4.90 Å². The third kappa shape index (κ3) is 4.93. The molecule has 0 radical (unpaired) electrons. The first kappa shape index (κ1) is 19.5. The van der Waals surface area contributed by atoms with Gasteiger partial charge in [0.15, 0.2) is 5.17 Å². The fourth-order valence-electron chi connectivity index (χ4n) is 2.63. The molecule has 27 heavy (non-hydrogen) atoms. The highest BCUT2D eigenvalue weighted by Crippen LogP contribution is 2.32. The van der Waals surface area contributed by atoms with E-state index in [1.165, 1.54) is 11.8 Å². The second-order valence-electron chi connectivity index (χ2n) is 5.90. The second kappa shape index (κ2) is 9.11. The molecule has 1 fully saturated rings. The molecule has 2 aromatic rings.